The van der Waals surface area contributed by atoms with Gasteiger partial charge in [0.15, 0.2) is 0 Å². The maximum Gasteiger partial charge on any atom is 0.338 e. The van der Waals surface area contributed by atoms with Gasteiger partial charge in [0.2, 0.25) is 0 Å². The van der Waals surface area contributed by atoms with Crippen LogP contribution < -0.4 is 14.8 Å². The molecule has 0 bridgehead atoms. The molecule has 1 atom stereocenters. The molecule has 7 nitrogen and oxygen atoms in total. The maximum atomic E-state index is 13.2. The van der Waals surface area contributed by atoms with Crippen LogP contribution in [0.2, 0.25) is 0 Å². The molecule has 2 aromatic rings. The number of nitrogens with zero attached hydrogens (tertiary/aromatic N) is 1. The van der Waals surface area contributed by atoms with Gasteiger partial charge >= 0.3 is 12.0 Å². The van der Waals surface area contributed by atoms with Gasteiger partial charge in [-0.05, 0) is 55.8 Å². The van der Waals surface area contributed by atoms with Crippen LogP contribution in [0.3, 0.4) is 0 Å². The zero-order valence-corrected chi connectivity index (χ0v) is 17.7. The monoisotopic (exact) mass is 428 g/mol. The highest BCUT2D eigenvalue weighted by atomic mass is 19.1. The lowest BCUT2D eigenvalue weighted by atomic mass is 9.94. The number of carbonyl (C=O) groups is 2. The molecule has 0 aliphatic carbocycles. The quantitative estimate of drug-likeness (QED) is 0.647. The van der Waals surface area contributed by atoms with E-state index in [-0.39, 0.29) is 30.6 Å². The first-order valence-corrected chi connectivity index (χ1v) is 9.99. The number of nitrogens with one attached hydrogen (secondary N) is 1. The third-order valence-corrected chi connectivity index (χ3v) is 4.87. The zero-order valence-electron chi connectivity index (χ0n) is 17.7. The predicted octanol–water partition coefficient (Wildman–Crippen LogP) is 3.82. The minimum atomic E-state index is -0.740. The molecule has 0 saturated heterocycles. The fourth-order valence-corrected chi connectivity index (χ4v) is 3.40. The van der Waals surface area contributed by atoms with Gasteiger partial charge in [-0.2, -0.15) is 0 Å². The molecule has 1 N–H and O–H groups in total. The van der Waals surface area contributed by atoms with Crippen molar-refractivity contribution in [1.82, 2.24) is 10.2 Å². The van der Waals surface area contributed by atoms with E-state index >= 15 is 0 Å². The Morgan fingerprint density at radius 3 is 2.52 bits per heavy atom. The van der Waals surface area contributed by atoms with E-state index < -0.39 is 12.0 Å². The van der Waals surface area contributed by atoms with Crippen LogP contribution >= 0.6 is 0 Å². The van der Waals surface area contributed by atoms with Crippen LogP contribution in [0.5, 0.6) is 11.5 Å². The van der Waals surface area contributed by atoms with Crippen molar-refractivity contribution in [3.05, 3.63) is 71.2 Å². The van der Waals surface area contributed by atoms with E-state index in [9.17, 15) is 14.0 Å². The SMILES string of the molecule is CCOC(=O)C1=C(COc2ccc(F)cc2)N(CC)C(=O)N[C@H]1c1cccc(OC)c1. The highest BCUT2D eigenvalue weighted by Crippen LogP contribution is 2.33. The summed E-state index contributed by atoms with van der Waals surface area (Å²) in [5, 5.41) is 2.88. The van der Waals surface area contributed by atoms with E-state index in [1.54, 1.807) is 45.2 Å². The van der Waals surface area contributed by atoms with Crippen LogP contribution in [0.15, 0.2) is 59.8 Å². The zero-order chi connectivity index (χ0) is 22.4. The number of esters is 1. The van der Waals surface area contributed by atoms with Gasteiger partial charge in [0.05, 0.1) is 31.0 Å². The molecule has 1 aliphatic heterocycles. The molecule has 164 valence electrons. The smallest absolute Gasteiger partial charge is 0.338 e. The summed E-state index contributed by atoms with van der Waals surface area (Å²) in [6.07, 6.45) is 0. The topological polar surface area (TPSA) is 77.1 Å². The number of carbonyl (C=O) groups excluding carboxylic acids is 2. The molecule has 2 amide bonds. The highest BCUT2D eigenvalue weighted by Gasteiger charge is 2.38. The van der Waals surface area contributed by atoms with Gasteiger partial charge in [-0.3, -0.25) is 4.90 Å². The molecule has 31 heavy (non-hydrogen) atoms. The van der Waals surface area contributed by atoms with Crippen molar-refractivity contribution in [3.63, 3.8) is 0 Å². The third kappa shape index (κ3) is 4.96. The van der Waals surface area contributed by atoms with Crippen LogP contribution in [0.4, 0.5) is 9.18 Å². The second-order valence-electron chi connectivity index (χ2n) is 6.73. The molecule has 2 aromatic carbocycles. The summed E-state index contributed by atoms with van der Waals surface area (Å²) in [7, 11) is 1.54. The molecule has 0 saturated carbocycles. The predicted molar refractivity (Wildman–Crippen MR) is 112 cm³/mol. The molecular formula is C23H25FN2O5. The third-order valence-electron chi connectivity index (χ3n) is 4.87. The Kier molecular flexibility index (Phi) is 7.12. The fourth-order valence-electron chi connectivity index (χ4n) is 3.40. The summed E-state index contributed by atoms with van der Waals surface area (Å²) >= 11 is 0. The van der Waals surface area contributed by atoms with Crippen molar-refractivity contribution in [2.75, 3.05) is 26.9 Å². The number of urea groups is 1. The fraction of sp³-hybridized carbons (Fsp3) is 0.304. The van der Waals surface area contributed by atoms with Gasteiger partial charge in [0, 0.05) is 6.54 Å². The van der Waals surface area contributed by atoms with E-state index in [4.69, 9.17) is 14.2 Å². The van der Waals surface area contributed by atoms with Crippen LogP contribution in [-0.2, 0) is 9.53 Å². The molecule has 0 radical (unpaired) electrons. The van der Waals surface area contributed by atoms with Crippen molar-refractivity contribution in [2.45, 2.75) is 19.9 Å². The first-order chi connectivity index (χ1) is 15.0. The molecule has 1 heterocycles. The lowest BCUT2D eigenvalue weighted by molar-refractivity contribution is -0.139. The standard InChI is InChI=1S/C23H25FN2O5/c1-4-26-19(14-31-17-11-9-16(24)10-12-17)20(22(27)30-5-2)21(25-23(26)28)15-7-6-8-18(13-15)29-3/h6-13,21H,4-5,14H2,1-3H3,(H,25,28)/t21-/m0/s1. The summed E-state index contributed by atoms with van der Waals surface area (Å²) in [4.78, 5) is 27.3. The summed E-state index contributed by atoms with van der Waals surface area (Å²) in [6.45, 7) is 3.95. The Hall–Kier alpha value is -3.55. The van der Waals surface area contributed by atoms with E-state index in [1.807, 2.05) is 0 Å². The maximum absolute atomic E-state index is 13.2. The molecule has 8 heteroatoms. The van der Waals surface area contributed by atoms with E-state index in [1.165, 1.54) is 29.2 Å². The molecular weight excluding hydrogens is 403 g/mol. The van der Waals surface area contributed by atoms with Crippen molar-refractivity contribution < 1.29 is 28.2 Å². The molecule has 1 aliphatic rings. The van der Waals surface area contributed by atoms with Crippen LogP contribution in [-0.4, -0.2) is 43.8 Å². The number of ether oxygens (including phenoxy) is 3. The molecule has 0 fully saturated rings. The van der Waals surface area contributed by atoms with E-state index in [2.05, 4.69) is 5.32 Å². The van der Waals surface area contributed by atoms with E-state index in [0.29, 0.717) is 29.3 Å². The minimum absolute atomic E-state index is 0.0679. The van der Waals surface area contributed by atoms with Gasteiger partial charge in [0.1, 0.15) is 23.9 Å². The lowest BCUT2D eigenvalue weighted by Gasteiger charge is -2.36. The Morgan fingerprint density at radius 2 is 1.87 bits per heavy atom. The number of rotatable bonds is 8. The summed E-state index contributed by atoms with van der Waals surface area (Å²) < 4.78 is 29.6. The van der Waals surface area contributed by atoms with Crippen molar-refractivity contribution in [1.29, 1.82) is 0 Å². The number of benzene rings is 2. The Balaban J connectivity index is 2.06. The van der Waals surface area contributed by atoms with Gasteiger partial charge in [-0.1, -0.05) is 12.1 Å². The second-order valence-corrected chi connectivity index (χ2v) is 6.73. The number of likely N-dealkylation sites (N-methyl/N-ethyl adjacent to an activating group) is 1. The highest BCUT2D eigenvalue weighted by molar-refractivity contribution is 5.95. The lowest BCUT2D eigenvalue weighted by Crippen LogP contribution is -2.49. The van der Waals surface area contributed by atoms with E-state index in [0.717, 1.165) is 0 Å². The summed E-state index contributed by atoms with van der Waals surface area (Å²) in [6, 6.07) is 11.5. The molecule has 0 aromatic heterocycles. The number of halogens is 1. The van der Waals surface area contributed by atoms with Crippen molar-refractivity contribution in [2.24, 2.45) is 0 Å². The summed E-state index contributed by atoms with van der Waals surface area (Å²) in [5.74, 6) is 0.0737. The van der Waals surface area contributed by atoms with Crippen LogP contribution in [0.1, 0.15) is 25.5 Å². The Labute approximate surface area is 180 Å². The largest absolute Gasteiger partial charge is 0.497 e. The first-order valence-electron chi connectivity index (χ1n) is 9.99. The number of amides is 2. The first kappa shape index (κ1) is 22.1. The van der Waals surface area contributed by atoms with Gasteiger partial charge in [0.25, 0.3) is 0 Å². The van der Waals surface area contributed by atoms with Gasteiger partial charge in [-0.25, -0.2) is 14.0 Å². The summed E-state index contributed by atoms with van der Waals surface area (Å²) in [5.41, 5.74) is 1.34. The van der Waals surface area contributed by atoms with Crippen molar-refractivity contribution >= 4 is 12.0 Å². The van der Waals surface area contributed by atoms with Crippen LogP contribution in [0.25, 0.3) is 0 Å². The average Bonchev–Trinajstić information content (AvgIpc) is 2.78. The minimum Gasteiger partial charge on any atom is -0.497 e. The van der Waals surface area contributed by atoms with Gasteiger partial charge in [-0.15, -0.1) is 0 Å². The Morgan fingerprint density at radius 1 is 1.13 bits per heavy atom. The molecule has 0 unspecified atom stereocenters. The number of hydrogen-bond acceptors (Lipinski definition) is 5. The average molecular weight is 428 g/mol. The number of methoxy groups -OCH3 is 1. The molecule has 3 rings (SSSR count). The molecule has 0 spiro atoms. The normalized spacial score (nSPS) is 16.1. The van der Waals surface area contributed by atoms with Crippen LogP contribution in [0, 0.1) is 5.82 Å². The van der Waals surface area contributed by atoms with Crippen molar-refractivity contribution in [3.8, 4) is 11.5 Å². The second kappa shape index (κ2) is 9.97. The number of hydrogen-bond donors (Lipinski definition) is 1. The van der Waals surface area contributed by atoms with Gasteiger partial charge < -0.3 is 19.5 Å². The Bertz CT molecular complexity index is 974.